The summed E-state index contributed by atoms with van der Waals surface area (Å²) in [4.78, 5) is 36.0. The first-order chi connectivity index (χ1) is 47.0. The van der Waals surface area contributed by atoms with Gasteiger partial charge in [-0.15, -0.1) is 0 Å². The molecule has 0 fully saturated rings. The van der Waals surface area contributed by atoms with Crippen LogP contribution < -0.4 is 0 Å². The highest BCUT2D eigenvalue weighted by Gasteiger charge is 2.27. The van der Waals surface area contributed by atoms with Crippen LogP contribution in [0, 0.1) is 0 Å². The Morgan fingerprint density at radius 3 is 0.667 bits per heavy atom. The third-order valence-corrected chi connectivity index (χ3v) is 21.6. The zero-order valence-corrected chi connectivity index (χ0v) is 66.8. The SMILES string of the molecule is CCCCCCCCCCCCCCCCCCCCCCCCCCCCCCCCCCCCCCC(=O)OCC(COP(=O)(O)OCC[N+](C)(C)C)OC(=O)CCCCCCCCCCCCCCCCCCCCCCCCCCCCCCCCCCCCCC. The molecule has 0 spiro atoms. The Balaban J connectivity index is 3.83. The van der Waals surface area contributed by atoms with Gasteiger partial charge in [0, 0.05) is 12.8 Å². The maximum Gasteiger partial charge on any atom is 0.472 e. The third kappa shape index (κ3) is 82.0. The van der Waals surface area contributed by atoms with Crippen LogP contribution >= 0.6 is 7.82 Å². The summed E-state index contributed by atoms with van der Waals surface area (Å²) in [5.74, 6) is -0.762. The van der Waals surface area contributed by atoms with Crippen molar-refractivity contribution in [3.8, 4) is 0 Å². The largest absolute Gasteiger partial charge is 0.472 e. The second-order valence-corrected chi connectivity index (χ2v) is 33.1. The number of likely N-dealkylation sites (N-methyl/N-ethyl adjacent to an activating group) is 1. The summed E-state index contributed by atoms with van der Waals surface area (Å²) in [5.41, 5.74) is 0. The van der Waals surface area contributed by atoms with Crippen molar-refractivity contribution < 1.29 is 42.1 Å². The van der Waals surface area contributed by atoms with Gasteiger partial charge in [-0.3, -0.25) is 18.6 Å². The average molecular weight is 1380 g/mol. The number of unbranched alkanes of at least 4 members (excludes halogenated alkanes) is 70. The molecule has 96 heavy (non-hydrogen) atoms. The zero-order chi connectivity index (χ0) is 69.7. The van der Waals surface area contributed by atoms with Gasteiger partial charge in [0.15, 0.2) is 6.10 Å². The van der Waals surface area contributed by atoms with Crippen LogP contribution in [0.15, 0.2) is 0 Å². The lowest BCUT2D eigenvalue weighted by Crippen LogP contribution is -2.37. The molecule has 0 bridgehead atoms. The fraction of sp³-hybridized carbons (Fsp3) is 0.977. The van der Waals surface area contributed by atoms with Gasteiger partial charge in [-0.05, 0) is 12.8 Å². The molecule has 0 radical (unpaired) electrons. The molecule has 0 rings (SSSR count). The van der Waals surface area contributed by atoms with Gasteiger partial charge in [-0.2, -0.15) is 0 Å². The lowest BCUT2D eigenvalue weighted by molar-refractivity contribution is -0.870. The fourth-order valence-corrected chi connectivity index (χ4v) is 14.7. The average Bonchev–Trinajstić information content (AvgIpc) is 1.43. The molecule has 0 aromatic heterocycles. The number of carbonyl (C=O) groups excluding carboxylic acids is 2. The van der Waals surface area contributed by atoms with E-state index in [0.29, 0.717) is 17.4 Å². The summed E-state index contributed by atoms with van der Waals surface area (Å²) in [7, 11) is 1.51. The Bertz CT molecular complexity index is 1570. The number of nitrogens with zero attached hydrogens (tertiary/aromatic N) is 1. The molecule has 0 saturated heterocycles. The second kappa shape index (κ2) is 78.2. The number of phosphoric acid groups is 1. The number of esters is 2. The second-order valence-electron chi connectivity index (χ2n) is 31.7. The van der Waals surface area contributed by atoms with Crippen LogP contribution in [0.4, 0.5) is 0 Å². The molecule has 2 atom stereocenters. The van der Waals surface area contributed by atoms with E-state index in [9.17, 15) is 19.0 Å². The molecule has 0 amide bonds. The number of ether oxygens (including phenoxy) is 2. The Labute approximate surface area is 601 Å². The van der Waals surface area contributed by atoms with Gasteiger partial charge in [0.05, 0.1) is 27.7 Å². The predicted octanol–water partition coefficient (Wildman–Crippen LogP) is 29.2. The highest BCUT2D eigenvalue weighted by molar-refractivity contribution is 7.47. The normalized spacial score (nSPS) is 12.9. The highest BCUT2D eigenvalue weighted by Crippen LogP contribution is 2.43. The summed E-state index contributed by atoms with van der Waals surface area (Å²) < 4.78 is 34.9. The van der Waals surface area contributed by atoms with Crippen LogP contribution in [0.1, 0.15) is 489 Å². The van der Waals surface area contributed by atoms with Crippen molar-refractivity contribution in [2.45, 2.75) is 495 Å². The summed E-state index contributed by atoms with van der Waals surface area (Å²) in [6, 6.07) is 0. The van der Waals surface area contributed by atoms with Crippen LogP contribution in [0.3, 0.4) is 0 Å². The van der Waals surface area contributed by atoms with Crippen molar-refractivity contribution in [2.75, 3.05) is 47.5 Å². The number of hydrogen-bond acceptors (Lipinski definition) is 7. The van der Waals surface area contributed by atoms with Gasteiger partial charge in [-0.1, -0.05) is 463 Å². The number of quaternary nitrogens is 1. The molecular formula is C86H173NO8P+. The molecular weight excluding hydrogens is 1210 g/mol. The summed E-state index contributed by atoms with van der Waals surface area (Å²) in [6.45, 7) is 4.55. The Kier molecular flexibility index (Phi) is 77.3. The molecule has 1 N–H and O–H groups in total. The smallest absolute Gasteiger partial charge is 0.462 e. The van der Waals surface area contributed by atoms with Gasteiger partial charge < -0.3 is 18.9 Å². The minimum Gasteiger partial charge on any atom is -0.462 e. The van der Waals surface area contributed by atoms with E-state index in [1.165, 1.54) is 424 Å². The Hall–Kier alpha value is -0.990. The van der Waals surface area contributed by atoms with E-state index in [-0.39, 0.29) is 25.6 Å². The van der Waals surface area contributed by atoms with Crippen molar-refractivity contribution in [3.63, 3.8) is 0 Å². The maximum atomic E-state index is 12.9. The van der Waals surface area contributed by atoms with Crippen LogP contribution in [-0.4, -0.2) is 74.9 Å². The van der Waals surface area contributed by atoms with Crippen molar-refractivity contribution in [2.24, 2.45) is 0 Å². The monoisotopic (exact) mass is 1380 g/mol. The van der Waals surface area contributed by atoms with E-state index >= 15 is 0 Å². The quantitative estimate of drug-likeness (QED) is 0.0278. The molecule has 574 valence electrons. The van der Waals surface area contributed by atoms with E-state index in [2.05, 4.69) is 13.8 Å². The number of rotatable bonds is 84. The standard InChI is InChI=1S/C86H172NO8P/c1-6-8-10-12-14-16-18-20-22-24-26-28-30-32-34-36-38-40-42-44-46-48-50-52-54-56-58-60-62-64-66-68-70-72-74-76-78-85(88)92-82-84(83-94-96(90,91)93-81-80-87(3,4)5)95-86(89)79-77-75-73-71-69-67-65-63-61-59-57-55-53-51-49-47-45-43-41-39-37-35-33-31-29-27-25-23-21-19-17-15-13-11-9-7-2/h84H,6-83H2,1-5H3/p+1. The minimum atomic E-state index is -4.39. The van der Waals surface area contributed by atoms with Crippen LogP contribution in [0.2, 0.25) is 0 Å². The lowest BCUT2D eigenvalue weighted by atomic mass is 10.0. The van der Waals surface area contributed by atoms with Gasteiger partial charge >= 0.3 is 19.8 Å². The molecule has 0 aromatic rings. The minimum absolute atomic E-state index is 0.0379. The summed E-state index contributed by atoms with van der Waals surface area (Å²) in [5, 5.41) is 0. The molecule has 0 aliphatic heterocycles. The van der Waals surface area contributed by atoms with Crippen molar-refractivity contribution >= 4 is 19.8 Å². The van der Waals surface area contributed by atoms with E-state index < -0.39 is 26.5 Å². The first-order valence-electron chi connectivity index (χ1n) is 43.8. The molecule has 9 nitrogen and oxygen atoms in total. The summed E-state index contributed by atoms with van der Waals surface area (Å²) >= 11 is 0. The topological polar surface area (TPSA) is 108 Å². The number of carbonyl (C=O) groups is 2. The molecule has 0 aliphatic rings. The van der Waals surface area contributed by atoms with Crippen LogP contribution in [0.5, 0.6) is 0 Å². The highest BCUT2D eigenvalue weighted by atomic mass is 31.2. The third-order valence-electron chi connectivity index (χ3n) is 20.6. The van der Waals surface area contributed by atoms with E-state index in [1.54, 1.807) is 0 Å². The van der Waals surface area contributed by atoms with E-state index in [4.69, 9.17) is 18.5 Å². The van der Waals surface area contributed by atoms with E-state index in [1.807, 2.05) is 21.1 Å². The fourth-order valence-electron chi connectivity index (χ4n) is 14.0. The molecule has 0 heterocycles. The van der Waals surface area contributed by atoms with Crippen molar-refractivity contribution in [3.05, 3.63) is 0 Å². The molecule has 0 aromatic carbocycles. The Morgan fingerprint density at radius 1 is 0.281 bits per heavy atom. The Morgan fingerprint density at radius 2 is 0.469 bits per heavy atom. The summed E-state index contributed by atoms with van der Waals surface area (Å²) in [6.07, 6.45) is 98.7. The lowest BCUT2D eigenvalue weighted by Gasteiger charge is -2.24. The molecule has 0 saturated carbocycles. The first kappa shape index (κ1) is 95.0. The van der Waals surface area contributed by atoms with Crippen LogP contribution in [-0.2, 0) is 32.7 Å². The number of hydrogen-bond donors (Lipinski definition) is 1. The van der Waals surface area contributed by atoms with Gasteiger partial charge in [0.1, 0.15) is 19.8 Å². The van der Waals surface area contributed by atoms with Gasteiger partial charge in [0.2, 0.25) is 0 Å². The predicted molar refractivity (Wildman–Crippen MR) is 418 cm³/mol. The molecule has 10 heteroatoms. The first-order valence-corrected chi connectivity index (χ1v) is 45.3. The van der Waals surface area contributed by atoms with Crippen LogP contribution in [0.25, 0.3) is 0 Å². The van der Waals surface area contributed by atoms with Crippen molar-refractivity contribution in [1.82, 2.24) is 0 Å². The van der Waals surface area contributed by atoms with Crippen molar-refractivity contribution in [1.29, 1.82) is 0 Å². The number of phosphoric ester groups is 1. The van der Waals surface area contributed by atoms with Gasteiger partial charge in [0.25, 0.3) is 0 Å². The van der Waals surface area contributed by atoms with Gasteiger partial charge in [-0.25, -0.2) is 4.57 Å². The maximum absolute atomic E-state index is 12.9. The van der Waals surface area contributed by atoms with E-state index in [0.717, 1.165) is 38.5 Å². The molecule has 2 unspecified atom stereocenters. The zero-order valence-electron chi connectivity index (χ0n) is 65.9. The molecule has 0 aliphatic carbocycles.